The molecule has 0 radical (unpaired) electrons. The Morgan fingerprint density at radius 2 is 1.18 bits per heavy atom. The molecule has 1 aromatic carbocycles. The van der Waals surface area contributed by atoms with Crippen LogP contribution in [0.4, 0.5) is 0 Å². The number of nitrogens with one attached hydrogen (secondary N) is 3. The minimum absolute atomic E-state index is 0.0148. The molecule has 0 aliphatic carbocycles. The van der Waals surface area contributed by atoms with Crippen molar-refractivity contribution in [1.82, 2.24) is 16.0 Å². The first-order chi connectivity index (χ1) is 20.7. The molecule has 3 amide bonds. The maximum atomic E-state index is 13.3. The first-order valence-electron chi connectivity index (χ1n) is 13.7. The van der Waals surface area contributed by atoms with Crippen LogP contribution in [0.2, 0.25) is 0 Å². The average molecular weight is 623 g/mol. The number of carboxylic acid groups (broad SMARTS) is 2. The van der Waals surface area contributed by atoms with Crippen LogP contribution >= 0.6 is 0 Å². The van der Waals surface area contributed by atoms with Gasteiger partial charge in [-0.2, -0.15) is 0 Å². The topological polar surface area (TPSA) is 337 Å². The van der Waals surface area contributed by atoms with Crippen molar-refractivity contribution < 1.29 is 39.3 Å². The fourth-order valence-electron chi connectivity index (χ4n) is 3.85. The number of hydrogen-bond acceptors (Lipinski definition) is 9. The maximum Gasteiger partial charge on any atom is 0.326 e. The van der Waals surface area contributed by atoms with E-state index in [1.54, 1.807) is 0 Å². The van der Waals surface area contributed by atoms with Gasteiger partial charge in [-0.25, -0.2) is 4.79 Å². The molecule has 0 saturated carbocycles. The lowest BCUT2D eigenvalue weighted by atomic mass is 10.0. The summed E-state index contributed by atoms with van der Waals surface area (Å²) in [5.74, 6) is -5.44. The number of carbonyl (C=O) groups excluding carboxylic acids is 3. The van der Waals surface area contributed by atoms with Crippen LogP contribution in [-0.4, -0.2) is 94.2 Å². The molecule has 0 aliphatic rings. The van der Waals surface area contributed by atoms with Gasteiger partial charge in [-0.05, 0) is 49.8 Å². The van der Waals surface area contributed by atoms with E-state index in [0.717, 1.165) is 0 Å². The highest BCUT2D eigenvalue weighted by Crippen LogP contribution is 2.12. The van der Waals surface area contributed by atoms with Crippen LogP contribution in [0.5, 0.6) is 5.75 Å². The van der Waals surface area contributed by atoms with Crippen molar-refractivity contribution in [1.29, 1.82) is 0 Å². The highest BCUT2D eigenvalue weighted by Gasteiger charge is 2.30. The summed E-state index contributed by atoms with van der Waals surface area (Å²) in [7, 11) is 0. The zero-order valence-electron chi connectivity index (χ0n) is 24.1. The van der Waals surface area contributed by atoms with Crippen molar-refractivity contribution in [2.75, 3.05) is 13.1 Å². The summed E-state index contributed by atoms with van der Waals surface area (Å²) in [5, 5.41) is 35.6. The number of carbonyl (C=O) groups is 5. The first kappa shape index (κ1) is 36.9. The quantitative estimate of drug-likeness (QED) is 0.0387. The highest BCUT2D eigenvalue weighted by molar-refractivity contribution is 5.94. The van der Waals surface area contributed by atoms with Crippen LogP contribution in [0.1, 0.15) is 44.1 Å². The second-order valence-corrected chi connectivity index (χ2v) is 9.83. The van der Waals surface area contributed by atoms with E-state index in [1.807, 2.05) is 0 Å². The number of aliphatic imine (C=N–C) groups is 2. The van der Waals surface area contributed by atoms with E-state index in [0.29, 0.717) is 12.0 Å². The lowest BCUT2D eigenvalue weighted by Crippen LogP contribution is -2.57. The summed E-state index contributed by atoms with van der Waals surface area (Å²) in [4.78, 5) is 70.0. The second kappa shape index (κ2) is 19.1. The van der Waals surface area contributed by atoms with Crippen molar-refractivity contribution in [2.24, 2.45) is 38.7 Å². The van der Waals surface area contributed by atoms with E-state index in [9.17, 15) is 39.3 Å². The van der Waals surface area contributed by atoms with Crippen LogP contribution in [0.3, 0.4) is 0 Å². The van der Waals surface area contributed by atoms with Gasteiger partial charge < -0.3 is 59.9 Å². The van der Waals surface area contributed by atoms with Gasteiger partial charge in [-0.3, -0.25) is 29.2 Å². The van der Waals surface area contributed by atoms with Gasteiger partial charge in [0, 0.05) is 25.9 Å². The van der Waals surface area contributed by atoms with Gasteiger partial charge >= 0.3 is 11.9 Å². The molecule has 0 aromatic heterocycles. The average Bonchev–Trinajstić information content (AvgIpc) is 2.94. The number of guanidine groups is 2. The molecule has 0 heterocycles. The number of carboxylic acids is 2. The molecule has 16 N–H and O–H groups in total. The third kappa shape index (κ3) is 15.2. The number of amides is 3. The normalized spacial score (nSPS) is 13.3. The molecule has 4 atom stereocenters. The first-order valence-corrected chi connectivity index (χ1v) is 13.7. The summed E-state index contributed by atoms with van der Waals surface area (Å²) < 4.78 is 0. The molecule has 18 heteroatoms. The molecule has 0 fully saturated rings. The highest BCUT2D eigenvalue weighted by atomic mass is 16.4. The lowest BCUT2D eigenvalue weighted by molar-refractivity contribution is -0.143. The van der Waals surface area contributed by atoms with E-state index in [2.05, 4.69) is 25.9 Å². The van der Waals surface area contributed by atoms with Crippen molar-refractivity contribution in [3.8, 4) is 5.75 Å². The lowest BCUT2D eigenvalue weighted by Gasteiger charge is -2.25. The van der Waals surface area contributed by atoms with Gasteiger partial charge in [-0.15, -0.1) is 0 Å². The molecule has 0 spiro atoms. The Balaban J connectivity index is 3.07. The Labute approximate surface area is 253 Å². The molecular weight excluding hydrogens is 580 g/mol. The number of aliphatic carboxylic acids is 2. The van der Waals surface area contributed by atoms with E-state index >= 15 is 0 Å². The summed E-state index contributed by atoms with van der Waals surface area (Å²) in [6.45, 7) is 0.350. The number of benzene rings is 1. The number of phenols is 1. The largest absolute Gasteiger partial charge is 0.508 e. The molecule has 4 unspecified atom stereocenters. The van der Waals surface area contributed by atoms with Gasteiger partial charge in [0.05, 0.1) is 6.04 Å². The van der Waals surface area contributed by atoms with Crippen molar-refractivity contribution >= 4 is 41.6 Å². The van der Waals surface area contributed by atoms with Crippen molar-refractivity contribution in [2.45, 2.75) is 69.1 Å². The fraction of sp³-hybridized carbons (Fsp3) is 0.500. The number of aromatic hydroxyl groups is 1. The molecule has 0 bridgehead atoms. The van der Waals surface area contributed by atoms with Gasteiger partial charge in [0.2, 0.25) is 17.7 Å². The molecule has 0 saturated heterocycles. The van der Waals surface area contributed by atoms with E-state index < -0.39 is 60.2 Å². The van der Waals surface area contributed by atoms with Crippen LogP contribution in [0.15, 0.2) is 34.3 Å². The predicted molar refractivity (Wildman–Crippen MR) is 160 cm³/mol. The smallest absolute Gasteiger partial charge is 0.326 e. The van der Waals surface area contributed by atoms with Gasteiger partial charge in [0.15, 0.2) is 11.9 Å². The summed E-state index contributed by atoms with van der Waals surface area (Å²) in [5.41, 5.74) is 27.7. The van der Waals surface area contributed by atoms with Crippen LogP contribution < -0.4 is 44.6 Å². The molecule has 244 valence electrons. The third-order valence-corrected chi connectivity index (χ3v) is 6.15. The Kier molecular flexibility index (Phi) is 16.0. The summed E-state index contributed by atoms with van der Waals surface area (Å²) >= 11 is 0. The molecule has 0 aliphatic heterocycles. The standard InChI is InChI=1S/C26H42N10O8/c27-16(3-1-11-32-25(28)29)21(40)34-17(4-2-12-33-26(30)31)22(41)35-18(9-10-20(38)39)23(42)36-19(24(43)44)13-14-5-7-15(37)8-6-14/h5-8,16-19,37H,1-4,9-13,27H2,(H,34,40)(H,35,41)(H,36,42)(H,38,39)(H,43,44)(H4,28,29,32)(H4,30,31,33). The minimum atomic E-state index is -1.47. The molecule has 18 nitrogen and oxygen atoms in total. The van der Waals surface area contributed by atoms with Gasteiger partial charge in [0.1, 0.15) is 23.9 Å². The Hall–Kier alpha value is -5.13. The number of nitrogens with two attached hydrogens (primary N) is 5. The number of hydrogen-bond donors (Lipinski definition) is 11. The fourth-order valence-corrected chi connectivity index (χ4v) is 3.85. The number of rotatable bonds is 20. The molecule has 1 aromatic rings. The summed E-state index contributed by atoms with van der Waals surface area (Å²) in [6, 6.07) is 0.485. The van der Waals surface area contributed by atoms with Gasteiger partial charge in [-0.1, -0.05) is 12.1 Å². The summed E-state index contributed by atoms with van der Waals surface area (Å²) in [6.07, 6.45) is -0.262. The van der Waals surface area contributed by atoms with Gasteiger partial charge in [0.25, 0.3) is 0 Å². The minimum Gasteiger partial charge on any atom is -0.508 e. The Morgan fingerprint density at radius 1 is 0.705 bits per heavy atom. The second-order valence-electron chi connectivity index (χ2n) is 9.83. The molecular formula is C26H42N10O8. The Bertz CT molecular complexity index is 1180. The van der Waals surface area contributed by atoms with Crippen molar-refractivity contribution in [3.63, 3.8) is 0 Å². The molecule has 44 heavy (non-hydrogen) atoms. The zero-order valence-corrected chi connectivity index (χ0v) is 24.1. The van der Waals surface area contributed by atoms with E-state index in [4.69, 9.17) is 28.7 Å². The molecule has 1 rings (SSSR count). The van der Waals surface area contributed by atoms with E-state index in [-0.39, 0.29) is 62.9 Å². The SMILES string of the molecule is NC(N)=NCCCC(N)C(=O)NC(CCCN=C(N)N)C(=O)NC(CCC(=O)O)C(=O)NC(Cc1ccc(O)cc1)C(=O)O. The van der Waals surface area contributed by atoms with Crippen LogP contribution in [-0.2, 0) is 30.4 Å². The van der Waals surface area contributed by atoms with Crippen LogP contribution in [0, 0.1) is 0 Å². The Morgan fingerprint density at radius 3 is 1.68 bits per heavy atom. The van der Waals surface area contributed by atoms with Crippen molar-refractivity contribution in [3.05, 3.63) is 29.8 Å². The van der Waals surface area contributed by atoms with E-state index in [1.165, 1.54) is 24.3 Å². The maximum absolute atomic E-state index is 13.3. The zero-order chi connectivity index (χ0) is 33.2. The van der Waals surface area contributed by atoms with Crippen LogP contribution in [0.25, 0.3) is 0 Å². The predicted octanol–water partition coefficient (Wildman–Crippen LogP) is -3.23. The monoisotopic (exact) mass is 622 g/mol. The third-order valence-electron chi connectivity index (χ3n) is 6.15. The number of phenolic OH excluding ortho intramolecular Hbond substituents is 1. The number of nitrogens with zero attached hydrogens (tertiary/aromatic N) is 2.